The zero-order valence-corrected chi connectivity index (χ0v) is 13.2. The molecule has 0 fully saturated rings. The Bertz CT molecular complexity index is 560. The minimum absolute atomic E-state index is 0.679. The first-order valence-electron chi connectivity index (χ1n) is 7.70. The highest BCUT2D eigenvalue weighted by Gasteiger charge is 2.02. The lowest BCUT2D eigenvalue weighted by Gasteiger charge is -2.11. The molecule has 22 heavy (non-hydrogen) atoms. The quantitative estimate of drug-likeness (QED) is 0.437. The molecule has 7 nitrogen and oxygen atoms in total. The second kappa shape index (κ2) is 8.86. The number of nitrogens with zero attached hydrogens (tertiary/aromatic N) is 4. The Hall–Kier alpha value is -2.31. The normalized spacial score (nSPS) is 11.6. The van der Waals surface area contributed by atoms with E-state index in [1.807, 2.05) is 19.1 Å². The minimum atomic E-state index is 0.679. The molecule has 0 bridgehead atoms. The second-order valence-electron chi connectivity index (χ2n) is 4.95. The molecule has 2 rings (SSSR count). The van der Waals surface area contributed by atoms with Crippen molar-refractivity contribution in [3.05, 3.63) is 36.2 Å². The lowest BCUT2D eigenvalue weighted by atomic mass is 10.3. The molecule has 0 atom stereocenters. The fourth-order valence-corrected chi connectivity index (χ4v) is 2.03. The Balaban J connectivity index is 1.69. The molecule has 0 aliphatic heterocycles. The van der Waals surface area contributed by atoms with Crippen LogP contribution in [-0.2, 0) is 13.0 Å². The Morgan fingerprint density at radius 1 is 1.32 bits per heavy atom. The molecule has 0 aromatic carbocycles. The smallest absolute Gasteiger partial charge is 0.226 e. The largest absolute Gasteiger partial charge is 0.357 e. The van der Waals surface area contributed by atoms with E-state index >= 15 is 0 Å². The van der Waals surface area contributed by atoms with E-state index in [0.717, 1.165) is 45.0 Å². The van der Waals surface area contributed by atoms with Crippen molar-refractivity contribution in [2.24, 2.45) is 4.99 Å². The van der Waals surface area contributed by atoms with E-state index < -0.39 is 0 Å². The third kappa shape index (κ3) is 5.59. The number of hydrogen-bond acceptors (Lipinski definition) is 4. The van der Waals surface area contributed by atoms with Crippen molar-refractivity contribution >= 4 is 5.96 Å². The van der Waals surface area contributed by atoms with Crippen LogP contribution in [0.25, 0.3) is 0 Å². The standard InChI is InChI=1S/C15H24N6O/c1-3-16-15(18-9-12-21-10-4-5-11-21)17-8-6-7-14-19-13(2)20-22-14/h4-5,10-11H,3,6-9,12H2,1-2H3,(H2,16,17,18). The van der Waals surface area contributed by atoms with Crippen LogP contribution in [0, 0.1) is 6.92 Å². The van der Waals surface area contributed by atoms with Crippen molar-refractivity contribution in [2.45, 2.75) is 33.2 Å². The first kappa shape index (κ1) is 16.1. The summed E-state index contributed by atoms with van der Waals surface area (Å²) in [5, 5.41) is 10.3. The van der Waals surface area contributed by atoms with Gasteiger partial charge in [-0.15, -0.1) is 0 Å². The summed E-state index contributed by atoms with van der Waals surface area (Å²) in [5.41, 5.74) is 0. The van der Waals surface area contributed by atoms with Crippen molar-refractivity contribution in [3.8, 4) is 0 Å². The number of rotatable bonds is 8. The maximum atomic E-state index is 5.08. The number of aromatic nitrogens is 3. The van der Waals surface area contributed by atoms with E-state index in [1.165, 1.54) is 0 Å². The van der Waals surface area contributed by atoms with Crippen LogP contribution in [0.15, 0.2) is 34.0 Å². The van der Waals surface area contributed by atoms with Gasteiger partial charge in [0.2, 0.25) is 5.89 Å². The number of hydrogen-bond donors (Lipinski definition) is 2. The van der Waals surface area contributed by atoms with E-state index in [-0.39, 0.29) is 0 Å². The van der Waals surface area contributed by atoms with Crippen LogP contribution in [0.4, 0.5) is 0 Å². The molecule has 0 aliphatic rings. The SMILES string of the molecule is CCNC(=NCCCc1nc(C)no1)NCCn1cccc1. The summed E-state index contributed by atoms with van der Waals surface area (Å²) in [7, 11) is 0. The maximum Gasteiger partial charge on any atom is 0.226 e. The highest BCUT2D eigenvalue weighted by Crippen LogP contribution is 1.99. The first-order chi connectivity index (χ1) is 10.8. The predicted molar refractivity (Wildman–Crippen MR) is 85.8 cm³/mol. The molecule has 7 heteroatoms. The average molecular weight is 304 g/mol. The zero-order valence-electron chi connectivity index (χ0n) is 13.2. The lowest BCUT2D eigenvalue weighted by Crippen LogP contribution is -2.38. The molecule has 0 amide bonds. The summed E-state index contributed by atoms with van der Waals surface area (Å²) in [5.74, 6) is 2.20. The molecular weight excluding hydrogens is 280 g/mol. The first-order valence-corrected chi connectivity index (χ1v) is 7.70. The maximum absolute atomic E-state index is 5.08. The van der Waals surface area contributed by atoms with Crippen LogP contribution in [0.1, 0.15) is 25.1 Å². The highest BCUT2D eigenvalue weighted by molar-refractivity contribution is 5.79. The van der Waals surface area contributed by atoms with E-state index in [2.05, 4.69) is 49.7 Å². The van der Waals surface area contributed by atoms with Gasteiger partial charge in [0.15, 0.2) is 11.8 Å². The van der Waals surface area contributed by atoms with Gasteiger partial charge in [-0.25, -0.2) is 0 Å². The topological polar surface area (TPSA) is 80.3 Å². The van der Waals surface area contributed by atoms with Crippen LogP contribution >= 0.6 is 0 Å². The molecular formula is C15H24N6O. The van der Waals surface area contributed by atoms with E-state index in [1.54, 1.807) is 0 Å². The van der Waals surface area contributed by atoms with Gasteiger partial charge in [0.25, 0.3) is 0 Å². The van der Waals surface area contributed by atoms with Gasteiger partial charge in [0.1, 0.15) is 0 Å². The number of aliphatic imine (C=N–C) groups is 1. The molecule has 0 radical (unpaired) electrons. The van der Waals surface area contributed by atoms with Crippen LogP contribution in [0.2, 0.25) is 0 Å². The Labute approximate surface area is 130 Å². The van der Waals surface area contributed by atoms with Gasteiger partial charge in [-0.05, 0) is 32.4 Å². The Morgan fingerprint density at radius 2 is 2.14 bits per heavy atom. The Morgan fingerprint density at radius 3 is 2.82 bits per heavy atom. The molecule has 0 aliphatic carbocycles. The fourth-order valence-electron chi connectivity index (χ4n) is 2.03. The summed E-state index contributed by atoms with van der Waals surface area (Å²) in [6.07, 6.45) is 5.75. The highest BCUT2D eigenvalue weighted by atomic mass is 16.5. The molecule has 120 valence electrons. The van der Waals surface area contributed by atoms with E-state index in [4.69, 9.17) is 4.52 Å². The van der Waals surface area contributed by atoms with Crippen molar-refractivity contribution in [3.63, 3.8) is 0 Å². The average Bonchev–Trinajstić information content (AvgIpc) is 3.15. The third-order valence-corrected chi connectivity index (χ3v) is 3.06. The molecule has 0 saturated carbocycles. The fraction of sp³-hybridized carbons (Fsp3) is 0.533. The van der Waals surface area contributed by atoms with Crippen molar-refractivity contribution < 1.29 is 4.52 Å². The zero-order chi connectivity index (χ0) is 15.6. The molecule has 0 spiro atoms. The summed E-state index contributed by atoms with van der Waals surface area (Å²) in [6.45, 7) is 7.20. The van der Waals surface area contributed by atoms with Crippen molar-refractivity contribution in [1.82, 2.24) is 25.3 Å². The molecule has 2 N–H and O–H groups in total. The Kier molecular flexibility index (Phi) is 6.47. The van der Waals surface area contributed by atoms with Crippen molar-refractivity contribution in [1.29, 1.82) is 0 Å². The molecule has 0 saturated heterocycles. The molecule has 2 aromatic rings. The van der Waals surface area contributed by atoms with E-state index in [9.17, 15) is 0 Å². The van der Waals surface area contributed by atoms with E-state index in [0.29, 0.717) is 11.7 Å². The number of guanidine groups is 1. The predicted octanol–water partition coefficient (Wildman–Crippen LogP) is 1.37. The van der Waals surface area contributed by atoms with Crippen LogP contribution in [0.5, 0.6) is 0 Å². The summed E-state index contributed by atoms with van der Waals surface area (Å²) in [6, 6.07) is 4.05. The minimum Gasteiger partial charge on any atom is -0.357 e. The van der Waals surface area contributed by atoms with Gasteiger partial charge < -0.3 is 19.7 Å². The van der Waals surface area contributed by atoms with Crippen LogP contribution in [-0.4, -0.2) is 40.3 Å². The van der Waals surface area contributed by atoms with Gasteiger partial charge in [-0.2, -0.15) is 4.98 Å². The summed E-state index contributed by atoms with van der Waals surface area (Å²) < 4.78 is 7.21. The van der Waals surface area contributed by atoms with Crippen LogP contribution < -0.4 is 10.6 Å². The lowest BCUT2D eigenvalue weighted by molar-refractivity contribution is 0.372. The molecule has 0 unspecified atom stereocenters. The monoisotopic (exact) mass is 304 g/mol. The van der Waals surface area contributed by atoms with Gasteiger partial charge in [-0.3, -0.25) is 4.99 Å². The van der Waals surface area contributed by atoms with Crippen molar-refractivity contribution in [2.75, 3.05) is 19.6 Å². The van der Waals surface area contributed by atoms with Gasteiger partial charge in [0, 0.05) is 45.0 Å². The van der Waals surface area contributed by atoms with Gasteiger partial charge >= 0.3 is 0 Å². The third-order valence-electron chi connectivity index (χ3n) is 3.06. The summed E-state index contributed by atoms with van der Waals surface area (Å²) >= 11 is 0. The number of aryl methyl sites for hydroxylation is 2. The van der Waals surface area contributed by atoms with Gasteiger partial charge in [-0.1, -0.05) is 5.16 Å². The van der Waals surface area contributed by atoms with Crippen LogP contribution in [0.3, 0.4) is 0 Å². The molecule has 2 heterocycles. The molecule has 2 aromatic heterocycles. The second-order valence-corrected chi connectivity index (χ2v) is 4.95. The number of nitrogens with one attached hydrogen (secondary N) is 2. The summed E-state index contributed by atoms with van der Waals surface area (Å²) in [4.78, 5) is 8.73. The van der Waals surface area contributed by atoms with Gasteiger partial charge in [0.05, 0.1) is 0 Å².